The second kappa shape index (κ2) is 4.77. The zero-order chi connectivity index (χ0) is 12.4. The molecule has 1 saturated carbocycles. The number of anilines is 1. The Morgan fingerprint density at radius 3 is 2.65 bits per heavy atom. The molecule has 2 N–H and O–H groups in total. The number of nitrogen functional groups attached to an aromatic ring is 1. The van der Waals surface area contributed by atoms with Crippen LogP contribution in [0.2, 0.25) is 0 Å². The molecule has 0 bridgehead atoms. The van der Waals surface area contributed by atoms with E-state index in [-0.39, 0.29) is 18.6 Å². The molecule has 5 heteroatoms. The Labute approximate surface area is 101 Å². The second-order valence-corrected chi connectivity index (χ2v) is 4.64. The predicted molar refractivity (Wildman–Crippen MR) is 64.5 cm³/mol. The van der Waals surface area contributed by atoms with Crippen molar-refractivity contribution in [3.63, 3.8) is 0 Å². The van der Waals surface area contributed by atoms with E-state index in [0.717, 1.165) is 37.1 Å². The van der Waals surface area contributed by atoms with Crippen molar-refractivity contribution in [2.75, 3.05) is 5.73 Å². The molecule has 0 aromatic carbocycles. The summed E-state index contributed by atoms with van der Waals surface area (Å²) in [5, 5.41) is 4.22. The summed E-state index contributed by atoms with van der Waals surface area (Å²) in [6.07, 6.45) is 4.41. The number of aromatic nitrogens is 2. The molecule has 0 atom stereocenters. The molecule has 1 aliphatic carbocycles. The van der Waals surface area contributed by atoms with E-state index in [1.807, 2.05) is 13.8 Å². The first kappa shape index (κ1) is 12.0. The third-order valence-corrected chi connectivity index (χ3v) is 3.32. The van der Waals surface area contributed by atoms with E-state index in [2.05, 4.69) is 5.10 Å². The smallest absolute Gasteiger partial charge is 0.328 e. The van der Waals surface area contributed by atoms with Crippen molar-refractivity contribution in [2.24, 2.45) is 0 Å². The van der Waals surface area contributed by atoms with Gasteiger partial charge in [0.15, 0.2) is 0 Å². The van der Waals surface area contributed by atoms with Crippen LogP contribution in [0.15, 0.2) is 0 Å². The molecule has 0 radical (unpaired) electrons. The molecule has 0 spiro atoms. The largest absolute Gasteiger partial charge is 0.461 e. The van der Waals surface area contributed by atoms with Gasteiger partial charge in [0.25, 0.3) is 0 Å². The van der Waals surface area contributed by atoms with Gasteiger partial charge in [-0.2, -0.15) is 5.10 Å². The molecule has 0 unspecified atom stereocenters. The summed E-state index contributed by atoms with van der Waals surface area (Å²) < 4.78 is 6.99. The van der Waals surface area contributed by atoms with E-state index in [1.54, 1.807) is 4.68 Å². The lowest BCUT2D eigenvalue weighted by Gasteiger charge is -2.11. The average Bonchev–Trinajstić information content (AvgIpc) is 2.85. The molecule has 94 valence electrons. The molecule has 5 nitrogen and oxygen atoms in total. The van der Waals surface area contributed by atoms with Gasteiger partial charge in [0.1, 0.15) is 12.6 Å². The van der Waals surface area contributed by atoms with Crippen LogP contribution in [-0.2, 0) is 16.1 Å². The number of esters is 1. The SMILES string of the molecule is Cc1nn(CC(=O)OC2CCCC2)c(C)c1N. The standard InChI is InChI=1S/C12H19N3O2/c1-8-12(13)9(2)15(14-8)7-11(16)17-10-5-3-4-6-10/h10H,3-7,13H2,1-2H3. The van der Waals surface area contributed by atoms with Gasteiger partial charge in [-0.15, -0.1) is 0 Å². The third kappa shape index (κ3) is 2.60. The fraction of sp³-hybridized carbons (Fsp3) is 0.667. The first-order valence-corrected chi connectivity index (χ1v) is 6.07. The number of hydrogen-bond acceptors (Lipinski definition) is 4. The molecule has 1 fully saturated rings. The van der Waals surface area contributed by atoms with Crippen LogP contribution < -0.4 is 5.73 Å². The molecule has 2 rings (SSSR count). The number of nitrogens with two attached hydrogens (primary N) is 1. The van der Waals surface area contributed by atoms with E-state index in [1.165, 1.54) is 0 Å². The van der Waals surface area contributed by atoms with Crippen molar-refractivity contribution in [3.05, 3.63) is 11.4 Å². The molecule has 0 saturated heterocycles. The van der Waals surface area contributed by atoms with Crippen LogP contribution in [0.4, 0.5) is 5.69 Å². The Balaban J connectivity index is 1.95. The average molecular weight is 237 g/mol. The molecule has 1 aromatic heterocycles. The lowest BCUT2D eigenvalue weighted by atomic mass is 10.3. The van der Waals surface area contributed by atoms with Crippen LogP contribution in [0, 0.1) is 13.8 Å². The first-order chi connectivity index (χ1) is 8.08. The number of carbonyl (C=O) groups excluding carboxylic acids is 1. The van der Waals surface area contributed by atoms with Gasteiger partial charge in [-0.05, 0) is 39.5 Å². The molecule has 1 heterocycles. The first-order valence-electron chi connectivity index (χ1n) is 6.07. The Hall–Kier alpha value is -1.52. The van der Waals surface area contributed by atoms with Gasteiger partial charge >= 0.3 is 5.97 Å². The highest BCUT2D eigenvalue weighted by molar-refractivity contribution is 5.69. The van der Waals surface area contributed by atoms with Crippen LogP contribution in [0.1, 0.15) is 37.1 Å². The van der Waals surface area contributed by atoms with Crippen LogP contribution in [0.3, 0.4) is 0 Å². The zero-order valence-electron chi connectivity index (χ0n) is 10.4. The van der Waals surface area contributed by atoms with Crippen molar-refractivity contribution in [1.29, 1.82) is 0 Å². The predicted octanol–water partition coefficient (Wildman–Crippen LogP) is 1.57. The molecule has 1 aromatic rings. The van der Waals surface area contributed by atoms with Crippen LogP contribution in [-0.4, -0.2) is 21.9 Å². The maximum Gasteiger partial charge on any atom is 0.328 e. The van der Waals surface area contributed by atoms with E-state index in [4.69, 9.17) is 10.5 Å². The number of nitrogens with zero attached hydrogens (tertiary/aromatic N) is 2. The Kier molecular flexibility index (Phi) is 3.36. The minimum Gasteiger partial charge on any atom is -0.461 e. The molecule has 1 aliphatic rings. The lowest BCUT2D eigenvalue weighted by molar-refractivity contribution is -0.149. The highest BCUT2D eigenvalue weighted by atomic mass is 16.5. The number of ether oxygens (including phenoxy) is 1. The van der Waals surface area contributed by atoms with Gasteiger partial charge in [-0.1, -0.05) is 0 Å². The maximum atomic E-state index is 11.7. The molecular weight excluding hydrogens is 218 g/mol. The summed E-state index contributed by atoms with van der Waals surface area (Å²) in [7, 11) is 0. The van der Waals surface area contributed by atoms with Gasteiger partial charge in [-0.3, -0.25) is 9.48 Å². The number of carbonyl (C=O) groups is 1. The Morgan fingerprint density at radius 2 is 2.12 bits per heavy atom. The van der Waals surface area contributed by atoms with Gasteiger partial charge in [0.05, 0.1) is 17.1 Å². The number of aryl methyl sites for hydroxylation is 1. The summed E-state index contributed by atoms with van der Waals surface area (Å²) in [5.41, 5.74) is 8.04. The quantitative estimate of drug-likeness (QED) is 0.810. The summed E-state index contributed by atoms with van der Waals surface area (Å²) in [4.78, 5) is 11.7. The van der Waals surface area contributed by atoms with Crippen molar-refractivity contribution in [2.45, 2.75) is 52.2 Å². The van der Waals surface area contributed by atoms with Crippen LogP contribution >= 0.6 is 0 Å². The zero-order valence-corrected chi connectivity index (χ0v) is 10.4. The minimum absolute atomic E-state index is 0.108. The third-order valence-electron chi connectivity index (χ3n) is 3.32. The van der Waals surface area contributed by atoms with Crippen molar-refractivity contribution in [3.8, 4) is 0 Å². The van der Waals surface area contributed by atoms with E-state index in [9.17, 15) is 4.79 Å². The Bertz CT molecular complexity index is 420. The van der Waals surface area contributed by atoms with Gasteiger partial charge < -0.3 is 10.5 Å². The highest BCUT2D eigenvalue weighted by Gasteiger charge is 2.20. The molecule has 0 amide bonds. The number of rotatable bonds is 3. The molecule has 17 heavy (non-hydrogen) atoms. The highest BCUT2D eigenvalue weighted by Crippen LogP contribution is 2.21. The van der Waals surface area contributed by atoms with Gasteiger partial charge in [0, 0.05) is 0 Å². The monoisotopic (exact) mass is 237 g/mol. The summed E-state index contributed by atoms with van der Waals surface area (Å²) in [5.74, 6) is -0.220. The van der Waals surface area contributed by atoms with Crippen molar-refractivity contribution in [1.82, 2.24) is 9.78 Å². The summed E-state index contributed by atoms with van der Waals surface area (Å²) in [6, 6.07) is 0. The lowest BCUT2D eigenvalue weighted by Crippen LogP contribution is -2.20. The summed E-state index contributed by atoms with van der Waals surface area (Å²) in [6.45, 7) is 3.85. The molecular formula is C12H19N3O2. The van der Waals surface area contributed by atoms with E-state index in [0.29, 0.717) is 5.69 Å². The second-order valence-electron chi connectivity index (χ2n) is 4.64. The normalized spacial score (nSPS) is 16.4. The van der Waals surface area contributed by atoms with Crippen LogP contribution in [0.25, 0.3) is 0 Å². The maximum absolute atomic E-state index is 11.7. The van der Waals surface area contributed by atoms with Gasteiger partial charge in [0.2, 0.25) is 0 Å². The van der Waals surface area contributed by atoms with Gasteiger partial charge in [-0.25, -0.2) is 0 Å². The topological polar surface area (TPSA) is 70.1 Å². The molecule has 0 aliphatic heterocycles. The Morgan fingerprint density at radius 1 is 1.47 bits per heavy atom. The van der Waals surface area contributed by atoms with Crippen LogP contribution in [0.5, 0.6) is 0 Å². The van der Waals surface area contributed by atoms with E-state index >= 15 is 0 Å². The van der Waals surface area contributed by atoms with E-state index < -0.39 is 0 Å². The summed E-state index contributed by atoms with van der Waals surface area (Å²) >= 11 is 0. The fourth-order valence-electron chi connectivity index (χ4n) is 2.22. The van der Waals surface area contributed by atoms with Crippen molar-refractivity contribution < 1.29 is 9.53 Å². The minimum atomic E-state index is -0.220. The number of hydrogen-bond donors (Lipinski definition) is 1. The fourth-order valence-corrected chi connectivity index (χ4v) is 2.22. The van der Waals surface area contributed by atoms with Crippen molar-refractivity contribution >= 4 is 11.7 Å².